The fourth-order valence-electron chi connectivity index (χ4n) is 2.92. The van der Waals surface area contributed by atoms with Gasteiger partial charge in [-0.25, -0.2) is 23.5 Å². The molecule has 0 spiro atoms. The lowest BCUT2D eigenvalue weighted by Crippen LogP contribution is -2.23. The highest BCUT2D eigenvalue weighted by molar-refractivity contribution is 8.00. The van der Waals surface area contributed by atoms with Crippen LogP contribution >= 0.6 is 11.8 Å². The molecular formula is C19H18N6O3S2. The number of aromatic nitrogens is 4. The summed E-state index contributed by atoms with van der Waals surface area (Å²) in [5.41, 5.74) is 1.77. The summed E-state index contributed by atoms with van der Waals surface area (Å²) in [5, 5.41) is 13.1. The molecule has 2 heterocycles. The highest BCUT2D eigenvalue weighted by Crippen LogP contribution is 2.27. The number of primary sulfonamides is 1. The third-order valence-electron chi connectivity index (χ3n) is 4.34. The Labute approximate surface area is 176 Å². The van der Waals surface area contributed by atoms with E-state index >= 15 is 0 Å². The second-order valence-corrected chi connectivity index (χ2v) is 9.50. The van der Waals surface area contributed by atoms with Gasteiger partial charge in [0.25, 0.3) is 0 Å². The van der Waals surface area contributed by atoms with E-state index in [1.165, 1.54) is 30.0 Å². The van der Waals surface area contributed by atoms with Crippen molar-refractivity contribution in [3.05, 3.63) is 54.4 Å². The van der Waals surface area contributed by atoms with E-state index in [0.29, 0.717) is 22.3 Å². The molecule has 0 aliphatic heterocycles. The van der Waals surface area contributed by atoms with Gasteiger partial charge in [0.15, 0.2) is 10.8 Å². The van der Waals surface area contributed by atoms with Crippen molar-refractivity contribution in [2.75, 3.05) is 5.32 Å². The zero-order valence-electron chi connectivity index (χ0n) is 16.1. The number of nitrogens with one attached hydrogen (secondary N) is 1. The molecule has 0 saturated carbocycles. The first-order chi connectivity index (χ1) is 14.2. The van der Waals surface area contributed by atoms with Gasteiger partial charge in [0.05, 0.1) is 15.7 Å². The molecule has 1 unspecified atom stereocenters. The maximum Gasteiger partial charge on any atom is 0.238 e. The van der Waals surface area contributed by atoms with E-state index in [1.807, 2.05) is 24.3 Å². The summed E-state index contributed by atoms with van der Waals surface area (Å²) in [6, 6.07) is 13.4. The monoisotopic (exact) mass is 442 g/mol. The molecule has 0 aliphatic carbocycles. The molecule has 3 N–H and O–H groups in total. The molecule has 0 fully saturated rings. The number of thioether (sulfide) groups is 1. The van der Waals surface area contributed by atoms with Gasteiger partial charge in [-0.15, -0.1) is 5.10 Å². The molecule has 2 aromatic carbocycles. The SMILES string of the molecule is Cc1nc2c3ccccc3nc(SC(C)C(=O)Nc3cccc(S(N)(=O)=O)c3)n2n1. The van der Waals surface area contributed by atoms with Crippen LogP contribution in [0.1, 0.15) is 12.7 Å². The summed E-state index contributed by atoms with van der Waals surface area (Å²) in [6.45, 7) is 3.53. The Morgan fingerprint density at radius 2 is 1.93 bits per heavy atom. The van der Waals surface area contributed by atoms with Crippen LogP contribution in [-0.4, -0.2) is 39.2 Å². The van der Waals surface area contributed by atoms with Crippen molar-refractivity contribution in [2.24, 2.45) is 5.14 Å². The first-order valence-corrected chi connectivity index (χ1v) is 11.4. The summed E-state index contributed by atoms with van der Waals surface area (Å²) in [5.74, 6) is 0.290. The van der Waals surface area contributed by atoms with E-state index in [-0.39, 0.29) is 10.8 Å². The fourth-order valence-corrected chi connectivity index (χ4v) is 4.34. The van der Waals surface area contributed by atoms with E-state index in [4.69, 9.17) is 5.14 Å². The Hall–Kier alpha value is -3.02. The van der Waals surface area contributed by atoms with Gasteiger partial charge in [0.1, 0.15) is 5.82 Å². The number of para-hydroxylation sites is 1. The number of nitrogens with zero attached hydrogens (tertiary/aromatic N) is 4. The zero-order chi connectivity index (χ0) is 21.5. The van der Waals surface area contributed by atoms with Crippen molar-refractivity contribution in [3.8, 4) is 0 Å². The van der Waals surface area contributed by atoms with Crippen molar-refractivity contribution in [1.82, 2.24) is 19.6 Å². The molecule has 9 nitrogen and oxygen atoms in total. The number of fused-ring (bicyclic) bond motifs is 3. The standard InChI is InChI=1S/C19H18N6O3S2/c1-11(18(26)22-13-6-5-7-14(10-13)30(20,27)28)29-19-23-16-9-4-3-8-15(16)17-21-12(2)24-25(17)19/h3-11H,1-2H3,(H,22,26)(H2,20,27,28). The molecule has 2 aromatic heterocycles. The van der Waals surface area contributed by atoms with Crippen molar-refractivity contribution < 1.29 is 13.2 Å². The minimum atomic E-state index is -3.86. The Kier molecular flexibility index (Phi) is 5.18. The Balaban J connectivity index is 1.61. The molecule has 0 radical (unpaired) electrons. The average Bonchev–Trinajstić information content (AvgIpc) is 3.09. The topological polar surface area (TPSA) is 132 Å². The third-order valence-corrected chi connectivity index (χ3v) is 6.29. The van der Waals surface area contributed by atoms with Crippen molar-refractivity contribution in [2.45, 2.75) is 29.1 Å². The van der Waals surface area contributed by atoms with Gasteiger partial charge in [0.2, 0.25) is 15.9 Å². The molecule has 4 aromatic rings. The smallest absolute Gasteiger partial charge is 0.238 e. The van der Waals surface area contributed by atoms with Crippen LogP contribution in [0.5, 0.6) is 0 Å². The predicted molar refractivity (Wildman–Crippen MR) is 115 cm³/mol. The first kappa shape index (κ1) is 20.3. The molecule has 0 saturated heterocycles. The second-order valence-electron chi connectivity index (χ2n) is 6.63. The predicted octanol–water partition coefficient (Wildman–Crippen LogP) is 2.35. The molecular weight excluding hydrogens is 424 g/mol. The molecule has 11 heteroatoms. The van der Waals surface area contributed by atoms with E-state index in [1.54, 1.807) is 24.4 Å². The van der Waals surface area contributed by atoms with Gasteiger partial charge >= 0.3 is 0 Å². The fraction of sp³-hybridized carbons (Fsp3) is 0.158. The van der Waals surface area contributed by atoms with Gasteiger partial charge in [-0.05, 0) is 44.2 Å². The molecule has 4 rings (SSSR count). The van der Waals surface area contributed by atoms with Crippen molar-refractivity contribution >= 4 is 49.9 Å². The van der Waals surface area contributed by atoms with Crippen LogP contribution < -0.4 is 10.5 Å². The number of carbonyl (C=O) groups is 1. The van der Waals surface area contributed by atoms with E-state index in [0.717, 1.165) is 10.9 Å². The number of carbonyl (C=O) groups excluding carboxylic acids is 1. The highest BCUT2D eigenvalue weighted by atomic mass is 32.2. The van der Waals surface area contributed by atoms with Crippen molar-refractivity contribution in [3.63, 3.8) is 0 Å². The largest absolute Gasteiger partial charge is 0.325 e. The number of anilines is 1. The van der Waals surface area contributed by atoms with Crippen LogP contribution in [-0.2, 0) is 14.8 Å². The second kappa shape index (κ2) is 7.67. The summed E-state index contributed by atoms with van der Waals surface area (Å²) < 4.78 is 24.7. The summed E-state index contributed by atoms with van der Waals surface area (Å²) >= 11 is 1.23. The van der Waals surface area contributed by atoms with Crippen LogP contribution in [0, 0.1) is 6.92 Å². The zero-order valence-corrected chi connectivity index (χ0v) is 17.7. The van der Waals surface area contributed by atoms with E-state index in [9.17, 15) is 13.2 Å². The Morgan fingerprint density at radius 1 is 1.17 bits per heavy atom. The molecule has 154 valence electrons. The van der Waals surface area contributed by atoms with Crippen LogP contribution in [0.2, 0.25) is 0 Å². The number of nitrogens with two attached hydrogens (primary N) is 1. The van der Waals surface area contributed by atoms with Gasteiger partial charge in [-0.2, -0.15) is 4.52 Å². The number of amides is 1. The molecule has 1 amide bonds. The number of hydrogen-bond donors (Lipinski definition) is 2. The Bertz CT molecular complexity index is 1380. The normalized spacial score (nSPS) is 12.9. The van der Waals surface area contributed by atoms with Gasteiger partial charge in [0, 0.05) is 11.1 Å². The molecule has 30 heavy (non-hydrogen) atoms. The quantitative estimate of drug-likeness (QED) is 0.358. The third kappa shape index (κ3) is 3.99. The number of rotatable bonds is 5. The lowest BCUT2D eigenvalue weighted by atomic mass is 10.2. The first-order valence-electron chi connectivity index (χ1n) is 8.95. The minimum absolute atomic E-state index is 0.0726. The molecule has 0 bridgehead atoms. The average molecular weight is 443 g/mol. The van der Waals surface area contributed by atoms with Crippen molar-refractivity contribution in [1.29, 1.82) is 0 Å². The van der Waals surface area contributed by atoms with E-state index in [2.05, 4.69) is 20.4 Å². The lowest BCUT2D eigenvalue weighted by Gasteiger charge is -2.13. The van der Waals surface area contributed by atoms with Gasteiger partial charge < -0.3 is 5.32 Å². The lowest BCUT2D eigenvalue weighted by molar-refractivity contribution is -0.115. The molecule has 0 aliphatic rings. The van der Waals surface area contributed by atoms with Crippen LogP contribution in [0.25, 0.3) is 16.6 Å². The van der Waals surface area contributed by atoms with Crippen LogP contribution in [0.3, 0.4) is 0 Å². The summed E-state index contributed by atoms with van der Waals surface area (Å²) in [7, 11) is -3.86. The van der Waals surface area contributed by atoms with E-state index < -0.39 is 15.3 Å². The Morgan fingerprint density at radius 3 is 2.70 bits per heavy atom. The molecule has 1 atom stereocenters. The maximum atomic E-state index is 12.7. The number of hydrogen-bond acceptors (Lipinski definition) is 7. The maximum absolute atomic E-state index is 12.7. The van der Waals surface area contributed by atoms with Crippen LogP contribution in [0.15, 0.2) is 58.6 Å². The number of aryl methyl sites for hydroxylation is 1. The van der Waals surface area contributed by atoms with Gasteiger partial charge in [-0.1, -0.05) is 30.0 Å². The summed E-state index contributed by atoms with van der Waals surface area (Å²) in [4.78, 5) is 21.7. The van der Waals surface area contributed by atoms with Crippen LogP contribution in [0.4, 0.5) is 5.69 Å². The minimum Gasteiger partial charge on any atom is -0.325 e. The van der Waals surface area contributed by atoms with Gasteiger partial charge in [-0.3, -0.25) is 4.79 Å². The highest BCUT2D eigenvalue weighted by Gasteiger charge is 2.20. The number of sulfonamides is 1. The summed E-state index contributed by atoms with van der Waals surface area (Å²) in [6.07, 6.45) is 0. The number of benzene rings is 2.